The van der Waals surface area contributed by atoms with Gasteiger partial charge in [-0.25, -0.2) is 0 Å². The molecule has 2 aliphatic rings. The minimum atomic E-state index is -0.913. The van der Waals surface area contributed by atoms with Gasteiger partial charge in [-0.15, -0.1) is 0 Å². The Morgan fingerprint density at radius 3 is 2.45 bits per heavy atom. The first-order valence-electron chi connectivity index (χ1n) is 14.7. The molecule has 0 bridgehead atoms. The van der Waals surface area contributed by atoms with Crippen LogP contribution in [-0.4, -0.2) is 90.6 Å². The van der Waals surface area contributed by atoms with Crippen molar-refractivity contribution < 1.29 is 38.8 Å². The number of nitrogens with zero attached hydrogens (tertiary/aromatic N) is 1. The Morgan fingerprint density at radius 1 is 1.15 bits per heavy atom. The molecule has 0 amide bonds. The summed E-state index contributed by atoms with van der Waals surface area (Å²) in [7, 11) is 3.81. The molecular formula is C31H51NO8. The van der Waals surface area contributed by atoms with Gasteiger partial charge in [0.2, 0.25) is 0 Å². The quantitative estimate of drug-likeness (QED) is 0.353. The predicted molar refractivity (Wildman–Crippen MR) is 152 cm³/mol. The molecule has 9 heteroatoms. The highest BCUT2D eigenvalue weighted by atomic mass is 16.7. The Labute approximate surface area is 239 Å². The number of hydrogen-bond acceptors (Lipinski definition) is 9. The van der Waals surface area contributed by atoms with Crippen molar-refractivity contribution in [3.8, 4) is 0 Å². The highest BCUT2D eigenvalue weighted by Crippen LogP contribution is 2.34. The first-order valence-corrected chi connectivity index (χ1v) is 14.7. The lowest BCUT2D eigenvalue weighted by Crippen LogP contribution is -2.55. The molecule has 2 aliphatic heterocycles. The summed E-state index contributed by atoms with van der Waals surface area (Å²) < 4.78 is 18.3. The number of carbonyl (C=O) groups excluding carboxylic acids is 3. The van der Waals surface area contributed by atoms with E-state index in [-0.39, 0.29) is 67.0 Å². The zero-order valence-corrected chi connectivity index (χ0v) is 25.3. The Balaban J connectivity index is 2.43. The van der Waals surface area contributed by atoms with Gasteiger partial charge in [-0.1, -0.05) is 38.5 Å². The van der Waals surface area contributed by atoms with Gasteiger partial charge in [0.05, 0.1) is 18.8 Å². The largest absolute Gasteiger partial charge is 0.462 e. The van der Waals surface area contributed by atoms with Crippen LogP contribution in [0.1, 0.15) is 73.1 Å². The van der Waals surface area contributed by atoms with Crippen molar-refractivity contribution in [2.45, 2.75) is 110 Å². The lowest BCUT2D eigenvalue weighted by Gasteiger charge is -2.44. The van der Waals surface area contributed by atoms with Gasteiger partial charge in [-0.3, -0.25) is 9.59 Å². The van der Waals surface area contributed by atoms with Gasteiger partial charge in [0.15, 0.2) is 12.1 Å². The van der Waals surface area contributed by atoms with E-state index < -0.39 is 24.6 Å². The molecule has 1 fully saturated rings. The standard InChI is InChI=1S/C31H51NO8/c1-8-27-24(18-34)15-19(2)9-11-26(35)21(4)16-23(13-14-33)30(20(3)10-12-28(36)39-27)40-31-29(37)25(32(6)7)17-22(5)38-31/h9,11,14-15,20-25,27,29-31,34,37H,8,10,12-13,16-18H2,1-7H3/t20-,21+,22+,23-,24+,25-,27+,29+,30+,31-/m0/s1. The van der Waals surface area contributed by atoms with Crippen molar-refractivity contribution in [2.24, 2.45) is 23.7 Å². The molecule has 10 atom stereocenters. The number of ketones is 1. The topological polar surface area (TPSA) is 123 Å². The van der Waals surface area contributed by atoms with E-state index in [1.165, 1.54) is 6.08 Å². The van der Waals surface area contributed by atoms with Gasteiger partial charge in [-0.2, -0.15) is 0 Å². The van der Waals surface area contributed by atoms with E-state index in [2.05, 4.69) is 0 Å². The van der Waals surface area contributed by atoms with Crippen LogP contribution in [0.2, 0.25) is 0 Å². The monoisotopic (exact) mass is 565 g/mol. The van der Waals surface area contributed by atoms with Crippen molar-refractivity contribution in [1.29, 1.82) is 0 Å². The molecular weight excluding hydrogens is 514 g/mol. The second kappa shape index (κ2) is 16.5. The van der Waals surface area contributed by atoms with Crippen molar-refractivity contribution in [3.05, 3.63) is 23.8 Å². The van der Waals surface area contributed by atoms with Gasteiger partial charge in [-0.05, 0) is 71.5 Å². The van der Waals surface area contributed by atoms with Crippen LogP contribution in [0.5, 0.6) is 0 Å². The van der Waals surface area contributed by atoms with E-state index >= 15 is 0 Å². The minimum Gasteiger partial charge on any atom is -0.462 e. The average molecular weight is 566 g/mol. The zero-order chi connectivity index (χ0) is 30.0. The Hall–Kier alpha value is -1.91. The van der Waals surface area contributed by atoms with Gasteiger partial charge in [0.25, 0.3) is 0 Å². The maximum atomic E-state index is 13.1. The second-order valence-electron chi connectivity index (χ2n) is 11.9. The van der Waals surface area contributed by atoms with E-state index in [9.17, 15) is 24.6 Å². The molecule has 2 heterocycles. The van der Waals surface area contributed by atoms with Crippen molar-refractivity contribution >= 4 is 18.0 Å². The summed E-state index contributed by atoms with van der Waals surface area (Å²) in [6.45, 7) is 9.29. The van der Waals surface area contributed by atoms with Gasteiger partial charge in [0.1, 0.15) is 18.5 Å². The number of esters is 1. The SMILES string of the molecule is CC[C@H]1OC(=O)CC[C@H](C)[C@@H](O[C@@H]2O[C@H](C)C[C@H](N(C)C)[C@H]2O)[C@@H](CC=O)C[C@@H](C)C(=O)C=CC(C)=C[C@@H]1CO. The fourth-order valence-corrected chi connectivity index (χ4v) is 5.84. The number of carbonyl (C=O) groups is 3. The van der Waals surface area contributed by atoms with E-state index in [4.69, 9.17) is 14.2 Å². The van der Waals surface area contributed by atoms with Crippen LogP contribution in [0.4, 0.5) is 0 Å². The molecule has 0 aromatic carbocycles. The molecule has 2 N–H and O–H groups in total. The lowest BCUT2D eigenvalue weighted by molar-refractivity contribution is -0.280. The molecule has 0 aromatic heterocycles. The van der Waals surface area contributed by atoms with Gasteiger partial charge >= 0.3 is 5.97 Å². The first-order chi connectivity index (χ1) is 18.9. The predicted octanol–water partition coefficient (Wildman–Crippen LogP) is 3.46. The van der Waals surface area contributed by atoms with Crippen LogP contribution in [0.25, 0.3) is 0 Å². The summed E-state index contributed by atoms with van der Waals surface area (Å²) in [6, 6.07) is -0.165. The number of ether oxygens (including phenoxy) is 3. The highest BCUT2D eigenvalue weighted by molar-refractivity contribution is 5.91. The average Bonchev–Trinajstić information content (AvgIpc) is 2.91. The van der Waals surface area contributed by atoms with Crippen molar-refractivity contribution in [2.75, 3.05) is 20.7 Å². The normalized spacial score (nSPS) is 37.2. The highest BCUT2D eigenvalue weighted by Gasteiger charge is 2.41. The number of aliphatic hydroxyl groups excluding tert-OH is 2. The Kier molecular flexibility index (Phi) is 14.2. The molecule has 0 aliphatic carbocycles. The van der Waals surface area contributed by atoms with Crippen molar-refractivity contribution in [3.63, 3.8) is 0 Å². The third kappa shape index (κ3) is 9.87. The number of rotatable bonds is 7. The number of hydrogen-bond donors (Lipinski definition) is 2. The minimum absolute atomic E-state index is 0.0728. The lowest BCUT2D eigenvalue weighted by atomic mass is 9.80. The van der Waals surface area contributed by atoms with E-state index in [1.54, 1.807) is 6.08 Å². The van der Waals surface area contributed by atoms with Gasteiger partial charge < -0.3 is 34.1 Å². The molecule has 9 nitrogen and oxygen atoms in total. The first kappa shape index (κ1) is 34.3. The molecule has 0 saturated carbocycles. The molecule has 2 rings (SSSR count). The summed E-state index contributed by atoms with van der Waals surface area (Å²) >= 11 is 0. The molecule has 0 unspecified atom stereocenters. The third-order valence-corrected chi connectivity index (χ3v) is 8.30. The van der Waals surface area contributed by atoms with Crippen LogP contribution < -0.4 is 0 Å². The summed E-state index contributed by atoms with van der Waals surface area (Å²) in [5.41, 5.74) is 0.786. The van der Waals surface area contributed by atoms with E-state index in [0.717, 1.165) is 11.9 Å². The molecule has 228 valence electrons. The summed E-state index contributed by atoms with van der Waals surface area (Å²) in [5.74, 6) is -1.74. The number of allylic oxidation sites excluding steroid dienone is 3. The summed E-state index contributed by atoms with van der Waals surface area (Å²) in [5, 5.41) is 21.1. The zero-order valence-electron chi connectivity index (χ0n) is 25.3. The maximum absolute atomic E-state index is 13.1. The summed E-state index contributed by atoms with van der Waals surface area (Å²) in [4.78, 5) is 39.7. The van der Waals surface area contributed by atoms with Crippen LogP contribution in [0, 0.1) is 23.7 Å². The van der Waals surface area contributed by atoms with Crippen LogP contribution in [0.15, 0.2) is 23.8 Å². The molecule has 40 heavy (non-hydrogen) atoms. The van der Waals surface area contributed by atoms with Crippen molar-refractivity contribution in [1.82, 2.24) is 4.90 Å². The number of likely N-dealkylation sites (N-methyl/N-ethyl adjacent to an activating group) is 1. The maximum Gasteiger partial charge on any atom is 0.306 e. The smallest absolute Gasteiger partial charge is 0.306 e. The fraction of sp³-hybridized carbons (Fsp3) is 0.774. The fourth-order valence-electron chi connectivity index (χ4n) is 5.84. The number of cyclic esters (lactones) is 1. The molecule has 0 spiro atoms. The van der Waals surface area contributed by atoms with Crippen LogP contribution in [-0.2, 0) is 28.6 Å². The van der Waals surface area contributed by atoms with E-state index in [1.807, 2.05) is 59.7 Å². The summed E-state index contributed by atoms with van der Waals surface area (Å²) in [6.07, 6.45) is 5.21. The van der Waals surface area contributed by atoms with Crippen LogP contribution in [0.3, 0.4) is 0 Å². The Bertz CT molecular complexity index is 887. The van der Waals surface area contributed by atoms with Gasteiger partial charge in [0, 0.05) is 30.7 Å². The van der Waals surface area contributed by atoms with E-state index in [0.29, 0.717) is 25.7 Å². The number of aldehydes is 1. The molecule has 0 aromatic rings. The van der Waals surface area contributed by atoms with Crippen LogP contribution >= 0.6 is 0 Å². The third-order valence-electron chi connectivity index (χ3n) is 8.30. The number of aliphatic hydroxyl groups is 2. The molecule has 0 radical (unpaired) electrons. The second-order valence-corrected chi connectivity index (χ2v) is 11.9. The Morgan fingerprint density at radius 2 is 1.85 bits per heavy atom. The molecule has 1 saturated heterocycles.